The van der Waals surface area contributed by atoms with Crippen LogP contribution in [0.5, 0.6) is 5.75 Å². The van der Waals surface area contributed by atoms with Crippen molar-refractivity contribution in [3.05, 3.63) is 58.9 Å². The summed E-state index contributed by atoms with van der Waals surface area (Å²) in [5.41, 5.74) is 4.40. The molecule has 2 N–H and O–H groups in total. The molecule has 0 spiro atoms. The predicted molar refractivity (Wildman–Crippen MR) is 108 cm³/mol. The Kier molecular flexibility index (Phi) is 7.93. The maximum atomic E-state index is 5.47. The lowest BCUT2D eigenvalue weighted by Crippen LogP contribution is -2.37. The Labute approximate surface area is 156 Å². The smallest absolute Gasteiger partial charge is 0.191 e. The van der Waals surface area contributed by atoms with Gasteiger partial charge in [0.1, 0.15) is 5.75 Å². The molecule has 5 nitrogen and oxygen atoms in total. The van der Waals surface area contributed by atoms with Crippen molar-refractivity contribution < 1.29 is 4.74 Å². The van der Waals surface area contributed by atoms with Crippen LogP contribution in [0.4, 0.5) is 0 Å². The minimum Gasteiger partial charge on any atom is -0.496 e. The molecule has 1 aromatic heterocycles. The number of nitrogens with zero attached hydrogens (tertiary/aromatic N) is 2. The molecule has 140 valence electrons. The van der Waals surface area contributed by atoms with Crippen molar-refractivity contribution in [1.82, 2.24) is 15.6 Å². The van der Waals surface area contributed by atoms with E-state index in [-0.39, 0.29) is 0 Å². The molecular weight excluding hydrogens is 324 g/mol. The summed E-state index contributed by atoms with van der Waals surface area (Å²) in [4.78, 5) is 9.18. The van der Waals surface area contributed by atoms with E-state index >= 15 is 0 Å². The van der Waals surface area contributed by atoms with Gasteiger partial charge < -0.3 is 15.4 Å². The molecular formula is C21H30N4O. The van der Waals surface area contributed by atoms with Gasteiger partial charge >= 0.3 is 0 Å². The number of hydrogen-bond donors (Lipinski definition) is 2. The molecule has 0 aliphatic carbocycles. The molecule has 0 saturated heterocycles. The number of aromatic nitrogens is 1. The third-order valence-electron chi connectivity index (χ3n) is 4.26. The molecule has 26 heavy (non-hydrogen) atoms. The van der Waals surface area contributed by atoms with E-state index in [4.69, 9.17) is 4.74 Å². The molecule has 0 radical (unpaired) electrons. The molecule has 2 aromatic rings. The predicted octanol–water partition coefficient (Wildman–Crippen LogP) is 3.39. The van der Waals surface area contributed by atoms with Gasteiger partial charge in [-0.25, -0.2) is 4.99 Å². The Morgan fingerprint density at radius 3 is 2.62 bits per heavy atom. The average Bonchev–Trinajstić information content (AvgIpc) is 2.65. The van der Waals surface area contributed by atoms with Crippen LogP contribution in [-0.4, -0.2) is 31.1 Å². The zero-order valence-corrected chi connectivity index (χ0v) is 16.3. The monoisotopic (exact) mass is 354 g/mol. The molecule has 2 rings (SSSR count). The van der Waals surface area contributed by atoms with Crippen LogP contribution in [0.15, 0.2) is 41.5 Å². The molecule has 5 heteroatoms. The molecule has 1 aromatic carbocycles. The largest absolute Gasteiger partial charge is 0.496 e. The second-order valence-electron chi connectivity index (χ2n) is 6.26. The standard InChI is InChI=1S/C21H30N4O/c1-5-22-21(23-13-9-12-18-10-7-6-8-11-18)25-15-19-17(3)20(26-4)16(2)14-24-19/h6-8,10-11,14H,5,9,12-13,15H2,1-4H3,(H2,22,23,25). The Morgan fingerprint density at radius 1 is 1.15 bits per heavy atom. The maximum absolute atomic E-state index is 5.47. The highest BCUT2D eigenvalue weighted by Gasteiger charge is 2.09. The van der Waals surface area contributed by atoms with Crippen molar-refractivity contribution in [2.75, 3.05) is 20.2 Å². The fourth-order valence-corrected chi connectivity index (χ4v) is 2.87. The summed E-state index contributed by atoms with van der Waals surface area (Å²) in [7, 11) is 1.70. The van der Waals surface area contributed by atoms with E-state index in [0.29, 0.717) is 6.54 Å². The van der Waals surface area contributed by atoms with Gasteiger partial charge in [0.2, 0.25) is 0 Å². The van der Waals surface area contributed by atoms with Crippen molar-refractivity contribution in [2.24, 2.45) is 4.99 Å². The fraction of sp³-hybridized carbons (Fsp3) is 0.429. The van der Waals surface area contributed by atoms with Crippen molar-refractivity contribution in [1.29, 1.82) is 0 Å². The van der Waals surface area contributed by atoms with Crippen LogP contribution >= 0.6 is 0 Å². The van der Waals surface area contributed by atoms with Crippen LogP contribution in [0.25, 0.3) is 0 Å². The summed E-state index contributed by atoms with van der Waals surface area (Å²) < 4.78 is 5.47. The zero-order chi connectivity index (χ0) is 18.8. The van der Waals surface area contributed by atoms with Gasteiger partial charge in [-0.05, 0) is 39.2 Å². The topological polar surface area (TPSA) is 58.5 Å². The number of aliphatic imine (C=N–C) groups is 1. The van der Waals surface area contributed by atoms with Gasteiger partial charge in [-0.3, -0.25) is 4.98 Å². The Morgan fingerprint density at radius 2 is 1.92 bits per heavy atom. The highest BCUT2D eigenvalue weighted by molar-refractivity contribution is 5.79. The van der Waals surface area contributed by atoms with Gasteiger partial charge in [-0.15, -0.1) is 0 Å². The molecule has 0 aliphatic heterocycles. The van der Waals surface area contributed by atoms with Crippen LogP contribution in [0.3, 0.4) is 0 Å². The van der Waals surface area contributed by atoms with E-state index in [1.807, 2.05) is 26.1 Å². The van der Waals surface area contributed by atoms with E-state index in [9.17, 15) is 0 Å². The first-order valence-corrected chi connectivity index (χ1v) is 9.20. The van der Waals surface area contributed by atoms with Crippen LogP contribution in [0.2, 0.25) is 0 Å². The molecule has 1 heterocycles. The fourth-order valence-electron chi connectivity index (χ4n) is 2.87. The van der Waals surface area contributed by atoms with Gasteiger partial charge in [0.05, 0.1) is 19.3 Å². The lowest BCUT2D eigenvalue weighted by molar-refractivity contribution is 0.407. The lowest BCUT2D eigenvalue weighted by atomic mass is 10.1. The number of methoxy groups -OCH3 is 1. The molecule has 0 atom stereocenters. The Balaban J connectivity index is 1.92. The number of guanidine groups is 1. The summed E-state index contributed by atoms with van der Waals surface area (Å²) in [6.07, 6.45) is 3.96. The third-order valence-corrected chi connectivity index (χ3v) is 4.26. The highest BCUT2D eigenvalue weighted by Crippen LogP contribution is 2.24. The van der Waals surface area contributed by atoms with E-state index in [1.54, 1.807) is 7.11 Å². The van der Waals surface area contributed by atoms with Crippen molar-refractivity contribution in [3.8, 4) is 5.75 Å². The van der Waals surface area contributed by atoms with Crippen LogP contribution in [0.1, 0.15) is 35.7 Å². The summed E-state index contributed by atoms with van der Waals surface area (Å²) in [5, 5.41) is 6.69. The molecule has 0 bridgehead atoms. The molecule has 0 aliphatic rings. The number of benzene rings is 1. The van der Waals surface area contributed by atoms with E-state index in [2.05, 4.69) is 51.8 Å². The van der Waals surface area contributed by atoms with E-state index < -0.39 is 0 Å². The number of ether oxygens (including phenoxy) is 1. The number of hydrogen-bond acceptors (Lipinski definition) is 3. The second-order valence-corrected chi connectivity index (χ2v) is 6.26. The van der Waals surface area contributed by atoms with Gasteiger partial charge in [0.25, 0.3) is 0 Å². The van der Waals surface area contributed by atoms with Gasteiger partial charge in [0, 0.05) is 30.4 Å². The maximum Gasteiger partial charge on any atom is 0.191 e. The first-order chi connectivity index (χ1) is 12.7. The zero-order valence-electron chi connectivity index (χ0n) is 16.3. The average molecular weight is 354 g/mol. The van der Waals surface area contributed by atoms with Gasteiger partial charge in [-0.1, -0.05) is 30.3 Å². The van der Waals surface area contributed by atoms with Crippen LogP contribution < -0.4 is 15.4 Å². The minimum atomic E-state index is 0.524. The Hall–Kier alpha value is -2.56. The normalized spacial score (nSPS) is 11.3. The summed E-state index contributed by atoms with van der Waals surface area (Å²) >= 11 is 0. The van der Waals surface area contributed by atoms with E-state index in [0.717, 1.165) is 54.5 Å². The Bertz CT molecular complexity index is 713. The number of aryl methyl sites for hydroxylation is 2. The molecule has 0 unspecified atom stereocenters. The quantitative estimate of drug-likeness (QED) is 0.433. The van der Waals surface area contributed by atoms with Crippen molar-refractivity contribution in [3.63, 3.8) is 0 Å². The van der Waals surface area contributed by atoms with Crippen molar-refractivity contribution in [2.45, 2.75) is 40.2 Å². The molecule has 0 amide bonds. The number of nitrogens with one attached hydrogen (secondary N) is 2. The van der Waals surface area contributed by atoms with Crippen LogP contribution in [-0.2, 0) is 13.0 Å². The second kappa shape index (κ2) is 10.4. The third kappa shape index (κ3) is 5.76. The first-order valence-electron chi connectivity index (χ1n) is 9.20. The van der Waals surface area contributed by atoms with E-state index in [1.165, 1.54) is 5.56 Å². The lowest BCUT2D eigenvalue weighted by Gasteiger charge is -2.13. The number of pyridine rings is 1. The molecule has 0 saturated carbocycles. The number of rotatable bonds is 8. The van der Waals surface area contributed by atoms with Crippen molar-refractivity contribution >= 4 is 5.96 Å². The highest BCUT2D eigenvalue weighted by atomic mass is 16.5. The van der Waals surface area contributed by atoms with Gasteiger partial charge in [0.15, 0.2) is 5.96 Å². The SMILES string of the molecule is CCNC(=NCc1ncc(C)c(OC)c1C)NCCCc1ccccc1. The summed E-state index contributed by atoms with van der Waals surface area (Å²) in [6.45, 7) is 8.34. The summed E-state index contributed by atoms with van der Waals surface area (Å²) in [5.74, 6) is 1.72. The summed E-state index contributed by atoms with van der Waals surface area (Å²) in [6, 6.07) is 10.5. The minimum absolute atomic E-state index is 0.524. The van der Waals surface area contributed by atoms with Crippen LogP contribution in [0, 0.1) is 13.8 Å². The first kappa shape index (κ1) is 19.8. The van der Waals surface area contributed by atoms with Gasteiger partial charge in [-0.2, -0.15) is 0 Å². The molecule has 0 fully saturated rings.